The number of thiazole rings is 1. The van der Waals surface area contributed by atoms with Gasteiger partial charge in [0.1, 0.15) is 11.4 Å². The first-order valence-corrected chi connectivity index (χ1v) is 11.7. The van der Waals surface area contributed by atoms with E-state index in [2.05, 4.69) is 15.5 Å². The summed E-state index contributed by atoms with van der Waals surface area (Å²) in [5.41, 5.74) is 7.85. The highest BCUT2D eigenvalue weighted by atomic mass is 32.1. The lowest BCUT2D eigenvalue weighted by Gasteiger charge is -2.28. The summed E-state index contributed by atoms with van der Waals surface area (Å²) in [5.74, 6) is -0.383. The van der Waals surface area contributed by atoms with Crippen LogP contribution in [0.25, 0.3) is 0 Å². The zero-order chi connectivity index (χ0) is 23.4. The molecule has 174 valence electrons. The van der Waals surface area contributed by atoms with E-state index >= 15 is 0 Å². The van der Waals surface area contributed by atoms with Gasteiger partial charge in [-0.05, 0) is 24.5 Å². The van der Waals surface area contributed by atoms with Crippen molar-refractivity contribution in [2.45, 2.75) is 25.6 Å². The number of benzene rings is 1. The summed E-state index contributed by atoms with van der Waals surface area (Å²) in [6.07, 6.45) is 0.457. The van der Waals surface area contributed by atoms with E-state index in [1.54, 1.807) is 10.3 Å². The van der Waals surface area contributed by atoms with Crippen molar-refractivity contribution in [1.82, 2.24) is 15.2 Å². The summed E-state index contributed by atoms with van der Waals surface area (Å²) in [4.78, 5) is 36.6. The Morgan fingerprint density at radius 3 is 2.94 bits per heavy atom. The Balaban J connectivity index is 1.46. The number of nitrogens with one attached hydrogen (secondary N) is 1. The molecular weight excluding hydrogens is 445 g/mol. The Morgan fingerprint density at radius 1 is 1.42 bits per heavy atom. The van der Waals surface area contributed by atoms with Crippen molar-refractivity contribution in [3.8, 4) is 5.75 Å². The molecule has 1 saturated heterocycles. The van der Waals surface area contributed by atoms with Gasteiger partial charge in [0.15, 0.2) is 23.2 Å². The largest absolute Gasteiger partial charge is 0.536 e. The molecule has 4 rings (SSSR count). The fourth-order valence-electron chi connectivity index (χ4n) is 3.95. The lowest BCUT2D eigenvalue weighted by atomic mass is 9.64. The van der Waals surface area contributed by atoms with Gasteiger partial charge < -0.3 is 30.5 Å². The molecule has 1 atom stereocenters. The first kappa shape index (κ1) is 23.2. The third-order valence-corrected chi connectivity index (χ3v) is 6.38. The van der Waals surface area contributed by atoms with Crippen molar-refractivity contribution in [1.29, 1.82) is 0 Å². The number of ketones is 1. The quantitative estimate of drug-likeness (QED) is 0.304. The van der Waals surface area contributed by atoms with E-state index in [1.807, 2.05) is 25.1 Å². The molecule has 0 saturated carbocycles. The number of oxime groups is 1. The number of fused-ring (bicyclic) bond motifs is 1. The van der Waals surface area contributed by atoms with Crippen LogP contribution >= 0.6 is 11.3 Å². The number of aromatic nitrogens is 1. The molecule has 2 aromatic rings. The van der Waals surface area contributed by atoms with Crippen LogP contribution < -0.4 is 15.7 Å². The number of hydrogen-bond acceptors (Lipinski definition) is 10. The van der Waals surface area contributed by atoms with E-state index in [0.717, 1.165) is 24.2 Å². The van der Waals surface area contributed by atoms with Crippen molar-refractivity contribution >= 4 is 41.0 Å². The van der Waals surface area contributed by atoms with Crippen LogP contribution in [0.4, 0.5) is 5.13 Å². The molecule has 1 fully saturated rings. The number of anilines is 1. The van der Waals surface area contributed by atoms with Crippen molar-refractivity contribution in [2.24, 2.45) is 5.16 Å². The first-order chi connectivity index (χ1) is 15.9. The summed E-state index contributed by atoms with van der Waals surface area (Å²) < 4.78 is 5.69. The Bertz CT molecular complexity index is 1060. The summed E-state index contributed by atoms with van der Waals surface area (Å²) in [7, 11) is -1.13. The maximum absolute atomic E-state index is 13.2. The molecule has 3 heterocycles. The fourth-order valence-corrected chi connectivity index (χ4v) is 4.49. The summed E-state index contributed by atoms with van der Waals surface area (Å²) in [6.45, 7) is 4.28. The summed E-state index contributed by atoms with van der Waals surface area (Å²) in [6, 6.07) is 5.75. The number of carbonyl (C=O) groups is 2. The Kier molecular flexibility index (Phi) is 7.26. The normalized spacial score (nSPS) is 18.5. The third kappa shape index (κ3) is 5.52. The molecular formula is C21H26BN5O5S. The van der Waals surface area contributed by atoms with Gasteiger partial charge in [-0.1, -0.05) is 23.4 Å². The summed E-state index contributed by atoms with van der Waals surface area (Å²) in [5, 5.41) is 19.5. The second kappa shape index (κ2) is 10.3. The lowest BCUT2D eigenvalue weighted by molar-refractivity contribution is -0.136. The molecule has 1 amide bonds. The van der Waals surface area contributed by atoms with Gasteiger partial charge in [-0.2, -0.15) is 0 Å². The molecule has 0 unspecified atom stereocenters. The van der Waals surface area contributed by atoms with Crippen LogP contribution in [0.1, 0.15) is 23.2 Å². The molecule has 12 heteroatoms. The van der Waals surface area contributed by atoms with Crippen molar-refractivity contribution in [3.05, 3.63) is 40.4 Å². The van der Waals surface area contributed by atoms with Crippen LogP contribution in [-0.4, -0.2) is 72.2 Å². The number of amides is 1. The number of Topliss-reactive ketones (excluding diaryl/α,β-unsaturated/α-hetero) is 1. The van der Waals surface area contributed by atoms with Gasteiger partial charge in [0.2, 0.25) is 0 Å². The molecule has 2 aliphatic rings. The number of aryl methyl sites for hydroxylation is 1. The van der Waals surface area contributed by atoms with Crippen LogP contribution in [0.15, 0.2) is 28.7 Å². The van der Waals surface area contributed by atoms with E-state index in [0.29, 0.717) is 25.3 Å². The topological polar surface area (TPSA) is 139 Å². The lowest BCUT2D eigenvalue weighted by Crippen LogP contribution is -2.47. The van der Waals surface area contributed by atoms with E-state index in [-0.39, 0.29) is 41.3 Å². The predicted molar refractivity (Wildman–Crippen MR) is 125 cm³/mol. The van der Waals surface area contributed by atoms with Crippen LogP contribution in [0, 0.1) is 6.92 Å². The van der Waals surface area contributed by atoms with Crippen molar-refractivity contribution in [3.63, 3.8) is 0 Å². The molecule has 0 bridgehead atoms. The standard InChI is InChI=1S/C21H26BN5O5S/c1-13-3-2-4-14-9-15(22(30)32-20(13)14)10-17(28)19(16-12-33-21(23)25-16)26-31-11-18(29)27-7-5-24-6-8-27/h2-4,12,15,24,30H,5-11H2,1H3,(H2,23,25)/b26-19-/t15-/m1/s1. The van der Waals surface area contributed by atoms with Crippen molar-refractivity contribution < 1.29 is 24.1 Å². The zero-order valence-electron chi connectivity index (χ0n) is 18.3. The monoisotopic (exact) mass is 471 g/mol. The number of rotatable bonds is 7. The van der Waals surface area contributed by atoms with Gasteiger partial charge in [-0.15, -0.1) is 11.3 Å². The molecule has 0 spiro atoms. The Hall–Kier alpha value is -2.96. The second-order valence-electron chi connectivity index (χ2n) is 8.08. The molecule has 4 N–H and O–H groups in total. The highest BCUT2D eigenvalue weighted by Gasteiger charge is 2.38. The number of nitrogens with two attached hydrogens (primary N) is 1. The van der Waals surface area contributed by atoms with Gasteiger partial charge in [-0.3, -0.25) is 9.59 Å². The van der Waals surface area contributed by atoms with Gasteiger partial charge in [0, 0.05) is 43.8 Å². The fraction of sp³-hybridized carbons (Fsp3) is 0.429. The summed E-state index contributed by atoms with van der Waals surface area (Å²) >= 11 is 1.17. The molecule has 33 heavy (non-hydrogen) atoms. The van der Waals surface area contributed by atoms with Crippen LogP contribution in [0.3, 0.4) is 0 Å². The Morgan fingerprint density at radius 2 is 2.21 bits per heavy atom. The first-order valence-electron chi connectivity index (χ1n) is 10.8. The minimum absolute atomic E-state index is 0.0279. The van der Waals surface area contributed by atoms with E-state index < -0.39 is 12.9 Å². The molecule has 0 aliphatic carbocycles. The van der Waals surface area contributed by atoms with Gasteiger partial charge in [0.25, 0.3) is 5.91 Å². The average molecular weight is 471 g/mol. The molecule has 1 aromatic carbocycles. The van der Waals surface area contributed by atoms with Gasteiger partial charge >= 0.3 is 7.12 Å². The van der Waals surface area contributed by atoms with Gasteiger partial charge in [-0.25, -0.2) is 4.98 Å². The zero-order valence-corrected chi connectivity index (χ0v) is 19.1. The van der Waals surface area contributed by atoms with E-state index in [4.69, 9.17) is 15.2 Å². The van der Waals surface area contributed by atoms with Crippen LogP contribution in [0.5, 0.6) is 5.75 Å². The number of nitrogens with zero attached hydrogens (tertiary/aromatic N) is 3. The van der Waals surface area contributed by atoms with Gasteiger partial charge in [0.05, 0.1) is 0 Å². The predicted octanol–water partition coefficient (Wildman–Crippen LogP) is 0.631. The average Bonchev–Trinajstić information content (AvgIpc) is 3.24. The third-order valence-electron chi connectivity index (χ3n) is 5.71. The van der Waals surface area contributed by atoms with E-state index in [9.17, 15) is 14.6 Å². The maximum Gasteiger partial charge on any atom is 0.526 e. The van der Waals surface area contributed by atoms with E-state index in [1.165, 1.54) is 11.3 Å². The van der Waals surface area contributed by atoms with Crippen LogP contribution in [0.2, 0.25) is 5.82 Å². The molecule has 10 nitrogen and oxygen atoms in total. The molecule has 1 aromatic heterocycles. The minimum atomic E-state index is -1.13. The SMILES string of the molecule is Cc1cccc2c1OB(O)[C@@H](CC(=O)/C(=N\OCC(=O)N1CCNCC1)c1csc(N)n1)C2. The number of piperazine rings is 1. The smallest absolute Gasteiger partial charge is 0.526 e. The second-order valence-corrected chi connectivity index (χ2v) is 8.97. The number of nitrogen functional groups attached to an aromatic ring is 1. The number of carbonyl (C=O) groups excluding carboxylic acids is 2. The van der Waals surface area contributed by atoms with Crippen molar-refractivity contribution in [2.75, 3.05) is 38.5 Å². The number of hydrogen-bond donors (Lipinski definition) is 3. The number of para-hydroxylation sites is 1. The molecule has 0 radical (unpaired) electrons. The van der Waals surface area contributed by atoms with Crippen LogP contribution in [-0.2, 0) is 20.8 Å². The maximum atomic E-state index is 13.2. The Labute approximate surface area is 195 Å². The molecule has 2 aliphatic heterocycles. The highest BCUT2D eigenvalue weighted by Crippen LogP contribution is 2.36. The highest BCUT2D eigenvalue weighted by molar-refractivity contribution is 7.13. The minimum Gasteiger partial charge on any atom is -0.536 e.